The van der Waals surface area contributed by atoms with Gasteiger partial charge in [-0.1, -0.05) is 12.1 Å². The molecule has 1 aromatic carbocycles. The molecule has 0 spiro atoms. The summed E-state index contributed by atoms with van der Waals surface area (Å²) in [5.74, 6) is -0.284. The number of carbonyl (C=O) groups is 2. The minimum atomic E-state index is -2.57. The van der Waals surface area contributed by atoms with Gasteiger partial charge in [-0.3, -0.25) is 14.3 Å². The number of amides is 2. The van der Waals surface area contributed by atoms with Crippen LogP contribution in [0.3, 0.4) is 0 Å². The van der Waals surface area contributed by atoms with E-state index in [-0.39, 0.29) is 34.5 Å². The fourth-order valence-electron chi connectivity index (χ4n) is 3.75. The summed E-state index contributed by atoms with van der Waals surface area (Å²) in [7, 11) is 3.05. The Hall–Kier alpha value is -3.88. The summed E-state index contributed by atoms with van der Waals surface area (Å²) in [5.41, 5.74) is 2.33. The van der Waals surface area contributed by atoms with Crippen LogP contribution in [-0.4, -0.2) is 40.7 Å². The Morgan fingerprint density at radius 1 is 1.28 bits per heavy atom. The molecule has 5 rings (SSSR count). The molecule has 9 heteroatoms. The van der Waals surface area contributed by atoms with Crippen LogP contribution in [0, 0.1) is 5.92 Å². The van der Waals surface area contributed by atoms with Crippen molar-refractivity contribution in [1.29, 1.82) is 0 Å². The first-order valence-corrected chi connectivity index (χ1v) is 10.2. The topological polar surface area (TPSA) is 104 Å². The molecule has 0 saturated heterocycles. The quantitative estimate of drug-likeness (QED) is 0.568. The van der Waals surface area contributed by atoms with Crippen LogP contribution in [0.25, 0.3) is 11.3 Å². The van der Waals surface area contributed by atoms with Crippen molar-refractivity contribution < 1.29 is 16.4 Å². The summed E-state index contributed by atoms with van der Waals surface area (Å²) in [6.45, 7) is -4.64. The molecule has 2 aromatic heterocycles. The number of hydrogen-bond acceptors (Lipinski definition) is 6. The van der Waals surface area contributed by atoms with Gasteiger partial charge in [0.15, 0.2) is 0 Å². The smallest absolute Gasteiger partial charge is 0.254 e. The minimum absolute atomic E-state index is 0.0299. The largest absolute Gasteiger partial charge is 0.368 e. The summed E-state index contributed by atoms with van der Waals surface area (Å²) in [5, 5.41) is 12.7. The van der Waals surface area contributed by atoms with E-state index in [1.807, 2.05) is 0 Å². The lowest BCUT2D eigenvalue weighted by atomic mass is 9.99. The Labute approximate surface area is 192 Å². The molecule has 1 aliphatic heterocycles. The first kappa shape index (κ1) is 15.0. The van der Waals surface area contributed by atoms with Gasteiger partial charge in [-0.05, 0) is 18.9 Å². The van der Waals surface area contributed by atoms with Crippen LogP contribution in [0.2, 0.25) is 0 Å². The third kappa shape index (κ3) is 3.55. The molecule has 2 aliphatic rings. The summed E-state index contributed by atoms with van der Waals surface area (Å²) in [6, 6.07) is 6.73. The van der Waals surface area contributed by atoms with E-state index in [9.17, 15) is 9.59 Å². The lowest BCUT2D eigenvalue weighted by molar-refractivity contribution is -0.117. The average molecular weight is 437 g/mol. The standard InChI is InChI=1S/C23H25N7O2/c1-24-23(32)16-10-25-19(27-22(31)13-7-8-13)9-18(16)26-17-6-4-5-15-20-14(12-30(3)28-20)11-29(2)21(15)17/h4-6,9-10,12-13H,7-8,11H2,1-3H3,(H,24,32)(H2,25,26,27,31)/i3D3,11D2. The number of anilines is 4. The Balaban J connectivity index is 1.60. The number of nitrogens with zero attached hydrogens (tertiary/aromatic N) is 4. The van der Waals surface area contributed by atoms with Gasteiger partial charge in [0, 0.05) is 67.2 Å². The maximum absolute atomic E-state index is 12.6. The zero-order valence-corrected chi connectivity index (χ0v) is 17.6. The predicted octanol–water partition coefficient (Wildman–Crippen LogP) is 2.88. The number of carbonyl (C=O) groups excluding carboxylic acids is 2. The van der Waals surface area contributed by atoms with Crippen LogP contribution < -0.4 is 20.9 Å². The Bertz CT molecular complexity index is 1410. The van der Waals surface area contributed by atoms with Crippen molar-refractivity contribution >= 4 is 34.7 Å². The number of para-hydroxylation sites is 1. The van der Waals surface area contributed by atoms with E-state index in [0.29, 0.717) is 22.6 Å². The molecule has 164 valence electrons. The highest BCUT2D eigenvalue weighted by Crippen LogP contribution is 2.43. The number of rotatable bonds is 5. The highest BCUT2D eigenvalue weighted by Gasteiger charge is 2.30. The second-order valence-electron chi connectivity index (χ2n) is 7.79. The van der Waals surface area contributed by atoms with Crippen LogP contribution in [0.15, 0.2) is 36.7 Å². The Morgan fingerprint density at radius 3 is 2.88 bits per heavy atom. The zero-order chi connectivity index (χ0) is 26.7. The third-order valence-corrected chi connectivity index (χ3v) is 5.47. The minimum Gasteiger partial charge on any atom is -0.368 e. The fourth-order valence-corrected chi connectivity index (χ4v) is 3.75. The van der Waals surface area contributed by atoms with E-state index in [0.717, 1.165) is 17.5 Å². The molecule has 0 atom stereocenters. The molecule has 3 aromatic rings. The molecule has 0 bridgehead atoms. The highest BCUT2D eigenvalue weighted by molar-refractivity contribution is 6.02. The average Bonchev–Trinajstić information content (AvgIpc) is 3.59. The fraction of sp³-hybridized carbons (Fsp3) is 0.304. The van der Waals surface area contributed by atoms with E-state index in [1.165, 1.54) is 24.3 Å². The molecule has 9 nitrogen and oxygen atoms in total. The summed E-state index contributed by atoms with van der Waals surface area (Å²) in [4.78, 5) is 30.5. The van der Waals surface area contributed by atoms with Crippen molar-refractivity contribution in [2.45, 2.75) is 19.3 Å². The Morgan fingerprint density at radius 2 is 2.12 bits per heavy atom. The van der Waals surface area contributed by atoms with Crippen LogP contribution in [0.1, 0.15) is 35.6 Å². The number of aryl methyl sites for hydroxylation is 1. The molecule has 2 amide bonds. The lowest BCUT2D eigenvalue weighted by Gasteiger charge is -2.29. The van der Waals surface area contributed by atoms with Gasteiger partial charge in [0.25, 0.3) is 5.91 Å². The number of aromatic nitrogens is 3. The molecule has 32 heavy (non-hydrogen) atoms. The maximum Gasteiger partial charge on any atom is 0.254 e. The van der Waals surface area contributed by atoms with Crippen LogP contribution in [-0.2, 0) is 18.3 Å². The molecule has 1 aliphatic carbocycles. The monoisotopic (exact) mass is 436 g/mol. The van der Waals surface area contributed by atoms with Gasteiger partial charge < -0.3 is 20.9 Å². The Kier molecular flexibility index (Phi) is 3.60. The van der Waals surface area contributed by atoms with Gasteiger partial charge in [-0.2, -0.15) is 5.10 Å². The predicted molar refractivity (Wildman–Crippen MR) is 123 cm³/mol. The summed E-state index contributed by atoms with van der Waals surface area (Å²) >= 11 is 0. The van der Waals surface area contributed by atoms with Crippen molar-refractivity contribution in [3.63, 3.8) is 0 Å². The molecule has 0 unspecified atom stereocenters. The lowest BCUT2D eigenvalue weighted by Crippen LogP contribution is -2.23. The molecule has 3 N–H and O–H groups in total. The number of pyridine rings is 1. The van der Waals surface area contributed by atoms with Crippen molar-refractivity contribution in [2.75, 3.05) is 29.6 Å². The molecule has 1 saturated carbocycles. The summed E-state index contributed by atoms with van der Waals surface area (Å²) in [6.07, 6.45) is 4.23. The van der Waals surface area contributed by atoms with E-state index in [1.54, 1.807) is 31.3 Å². The van der Waals surface area contributed by atoms with Gasteiger partial charge >= 0.3 is 0 Å². The van der Waals surface area contributed by atoms with E-state index in [2.05, 4.69) is 26.0 Å². The first-order chi connectivity index (χ1) is 17.4. The van der Waals surface area contributed by atoms with Gasteiger partial charge in [-0.25, -0.2) is 4.98 Å². The molecular formula is C23H25N7O2. The third-order valence-electron chi connectivity index (χ3n) is 5.47. The van der Waals surface area contributed by atoms with E-state index in [4.69, 9.17) is 6.85 Å². The number of benzene rings is 1. The normalized spacial score (nSPS) is 18.7. The molecule has 0 radical (unpaired) electrons. The second kappa shape index (κ2) is 7.67. The number of hydrogen-bond donors (Lipinski definition) is 3. The molecular weight excluding hydrogens is 406 g/mol. The maximum atomic E-state index is 12.6. The SMILES string of the molecule is [2H]C1([2H])c2cn(C([2H])([2H])[2H])nc2-c2cccc(Nc3cc(NC(=O)C4CC4)ncc3C(=O)NC)c2N1C. The van der Waals surface area contributed by atoms with Crippen molar-refractivity contribution in [3.05, 3.63) is 47.8 Å². The first-order valence-electron chi connectivity index (χ1n) is 12.7. The van der Waals surface area contributed by atoms with Crippen molar-refractivity contribution in [1.82, 2.24) is 20.1 Å². The van der Waals surface area contributed by atoms with Crippen molar-refractivity contribution in [3.8, 4) is 11.3 Å². The van der Waals surface area contributed by atoms with Gasteiger partial charge in [0.2, 0.25) is 5.91 Å². The van der Waals surface area contributed by atoms with Crippen molar-refractivity contribution in [2.24, 2.45) is 12.9 Å². The molecule has 1 fully saturated rings. The van der Waals surface area contributed by atoms with Gasteiger partial charge in [0.1, 0.15) is 5.82 Å². The number of fused-ring (bicyclic) bond motifs is 3. The van der Waals surface area contributed by atoms with Gasteiger partial charge in [0.05, 0.1) is 31.1 Å². The number of nitrogens with one attached hydrogen (secondary N) is 3. The zero-order valence-electron chi connectivity index (χ0n) is 22.6. The van der Waals surface area contributed by atoms with Crippen LogP contribution in [0.4, 0.5) is 22.9 Å². The summed E-state index contributed by atoms with van der Waals surface area (Å²) < 4.78 is 41.4. The van der Waals surface area contributed by atoms with E-state index < -0.39 is 19.4 Å². The van der Waals surface area contributed by atoms with Crippen LogP contribution in [0.5, 0.6) is 0 Å². The molecule has 3 heterocycles. The second-order valence-corrected chi connectivity index (χ2v) is 7.79. The van der Waals surface area contributed by atoms with Crippen LogP contribution >= 0.6 is 0 Å². The van der Waals surface area contributed by atoms with Gasteiger partial charge in [-0.15, -0.1) is 0 Å². The van der Waals surface area contributed by atoms with E-state index >= 15 is 0 Å². The highest BCUT2D eigenvalue weighted by atomic mass is 16.2.